The number of nitrogens with one attached hydrogen (secondary N) is 1. The fourth-order valence-corrected chi connectivity index (χ4v) is 3.52. The van der Waals surface area contributed by atoms with Crippen LogP contribution >= 0.6 is 0 Å². The zero-order chi connectivity index (χ0) is 17.5. The van der Waals surface area contributed by atoms with E-state index in [0.29, 0.717) is 11.6 Å². The molecule has 1 saturated heterocycles. The van der Waals surface area contributed by atoms with E-state index in [4.69, 9.17) is 0 Å². The number of aliphatic hydroxyl groups is 1. The van der Waals surface area contributed by atoms with Gasteiger partial charge in [-0.15, -0.1) is 0 Å². The largest absolute Gasteiger partial charge is 0.389 e. The van der Waals surface area contributed by atoms with Crippen molar-refractivity contribution in [1.82, 2.24) is 20.0 Å². The summed E-state index contributed by atoms with van der Waals surface area (Å²) in [6.45, 7) is 8.58. The molecule has 1 atom stereocenters. The summed E-state index contributed by atoms with van der Waals surface area (Å²) in [5, 5.41) is 16.7. The second-order valence-corrected chi connectivity index (χ2v) is 7.89. The van der Waals surface area contributed by atoms with Crippen molar-refractivity contribution < 1.29 is 14.7 Å². The molecule has 0 aliphatic carbocycles. The van der Waals surface area contributed by atoms with Crippen LogP contribution in [0.3, 0.4) is 0 Å². The fourth-order valence-electron chi connectivity index (χ4n) is 3.52. The minimum absolute atomic E-state index is 0.134. The number of likely N-dealkylation sites (tertiary alicyclic amines) is 1. The summed E-state index contributed by atoms with van der Waals surface area (Å²) >= 11 is 0. The van der Waals surface area contributed by atoms with Crippen LogP contribution in [-0.4, -0.2) is 57.3 Å². The average molecular weight is 334 g/mol. The minimum Gasteiger partial charge on any atom is -0.389 e. The molecule has 0 bridgehead atoms. The van der Waals surface area contributed by atoms with Crippen LogP contribution < -0.4 is 5.32 Å². The second-order valence-electron chi connectivity index (χ2n) is 7.89. The molecule has 0 unspecified atom stereocenters. The van der Waals surface area contributed by atoms with Gasteiger partial charge < -0.3 is 15.3 Å². The van der Waals surface area contributed by atoms with Crippen LogP contribution in [0.5, 0.6) is 0 Å². The van der Waals surface area contributed by atoms with Gasteiger partial charge in [-0.3, -0.25) is 14.3 Å². The van der Waals surface area contributed by atoms with E-state index >= 15 is 0 Å². The number of amides is 2. The molecule has 24 heavy (non-hydrogen) atoms. The molecule has 2 aliphatic heterocycles. The van der Waals surface area contributed by atoms with Gasteiger partial charge in [-0.05, 0) is 24.2 Å². The number of carbonyl (C=O) groups is 2. The van der Waals surface area contributed by atoms with E-state index in [-0.39, 0.29) is 36.0 Å². The standard InChI is InChI=1S/C17H26N4O3/c1-17(2,3)11-4-6-20(7-5-11)16(24)13-8-14-15(23)18-9-12(22)10-21(14)19-13/h8,11-12,22H,4-7,9-10H2,1-3H3,(H,18,23)/t12-/m0/s1. The highest BCUT2D eigenvalue weighted by atomic mass is 16.3. The summed E-state index contributed by atoms with van der Waals surface area (Å²) < 4.78 is 1.43. The Morgan fingerprint density at radius 3 is 2.62 bits per heavy atom. The van der Waals surface area contributed by atoms with E-state index in [0.717, 1.165) is 25.9 Å². The summed E-state index contributed by atoms with van der Waals surface area (Å²) in [7, 11) is 0. The van der Waals surface area contributed by atoms with Crippen molar-refractivity contribution in [2.24, 2.45) is 11.3 Å². The van der Waals surface area contributed by atoms with Gasteiger partial charge in [0.2, 0.25) is 0 Å². The Kier molecular flexibility index (Phi) is 4.38. The Labute approximate surface area is 142 Å². The molecule has 3 heterocycles. The normalized spacial score (nSPS) is 22.8. The van der Waals surface area contributed by atoms with Gasteiger partial charge in [-0.1, -0.05) is 20.8 Å². The molecule has 0 radical (unpaired) electrons. The maximum Gasteiger partial charge on any atom is 0.274 e. The summed E-state index contributed by atoms with van der Waals surface area (Å²) in [4.78, 5) is 26.5. The van der Waals surface area contributed by atoms with E-state index in [9.17, 15) is 14.7 Å². The Bertz CT molecular complexity index is 639. The predicted octanol–water partition coefficient (Wildman–Crippen LogP) is 0.886. The van der Waals surface area contributed by atoms with Gasteiger partial charge in [-0.2, -0.15) is 5.10 Å². The molecule has 1 fully saturated rings. The molecular weight excluding hydrogens is 308 g/mol. The quantitative estimate of drug-likeness (QED) is 0.798. The molecule has 7 nitrogen and oxygen atoms in total. The van der Waals surface area contributed by atoms with Gasteiger partial charge >= 0.3 is 0 Å². The van der Waals surface area contributed by atoms with Crippen LogP contribution in [0.2, 0.25) is 0 Å². The molecule has 3 rings (SSSR count). The lowest BCUT2D eigenvalue weighted by Crippen LogP contribution is -2.41. The van der Waals surface area contributed by atoms with Crippen LogP contribution in [0.15, 0.2) is 6.07 Å². The number of rotatable bonds is 1. The lowest BCUT2D eigenvalue weighted by atomic mass is 9.75. The first kappa shape index (κ1) is 17.0. The number of carbonyl (C=O) groups excluding carboxylic acids is 2. The number of β-amino-alcohol motifs (C(OH)–C–C–N with tert-alkyl or cyclic N) is 1. The number of hydrogen-bond donors (Lipinski definition) is 2. The van der Waals surface area contributed by atoms with Crippen LogP contribution in [0.4, 0.5) is 0 Å². The first-order valence-corrected chi connectivity index (χ1v) is 8.59. The molecule has 132 valence electrons. The molecule has 2 amide bonds. The number of aliphatic hydroxyl groups excluding tert-OH is 1. The maximum atomic E-state index is 12.7. The summed E-state index contributed by atoms with van der Waals surface area (Å²) in [5.74, 6) is 0.177. The van der Waals surface area contributed by atoms with Crippen molar-refractivity contribution in [1.29, 1.82) is 0 Å². The fraction of sp³-hybridized carbons (Fsp3) is 0.706. The molecule has 0 saturated carbocycles. The van der Waals surface area contributed by atoms with Crippen molar-refractivity contribution in [3.63, 3.8) is 0 Å². The first-order chi connectivity index (χ1) is 11.3. The summed E-state index contributed by atoms with van der Waals surface area (Å²) in [6, 6.07) is 1.53. The molecular formula is C17H26N4O3. The summed E-state index contributed by atoms with van der Waals surface area (Å²) in [5.41, 5.74) is 0.873. The number of aromatic nitrogens is 2. The van der Waals surface area contributed by atoms with Crippen molar-refractivity contribution in [3.05, 3.63) is 17.5 Å². The molecule has 0 spiro atoms. The number of nitrogens with zero attached hydrogens (tertiary/aromatic N) is 3. The van der Waals surface area contributed by atoms with E-state index in [1.54, 1.807) is 0 Å². The SMILES string of the molecule is CC(C)(C)C1CCN(C(=O)c2cc3n(n2)C[C@@H](O)CNC3=O)CC1. The molecule has 2 aliphatic rings. The smallest absolute Gasteiger partial charge is 0.274 e. The van der Waals surface area contributed by atoms with Crippen LogP contribution in [0.25, 0.3) is 0 Å². The highest BCUT2D eigenvalue weighted by Crippen LogP contribution is 2.34. The molecule has 1 aromatic heterocycles. The van der Waals surface area contributed by atoms with Gasteiger partial charge in [0.15, 0.2) is 5.69 Å². The van der Waals surface area contributed by atoms with Gasteiger partial charge in [0.05, 0.1) is 12.6 Å². The Morgan fingerprint density at radius 1 is 1.33 bits per heavy atom. The number of piperidine rings is 1. The second kappa shape index (κ2) is 6.20. The minimum atomic E-state index is -0.694. The topological polar surface area (TPSA) is 87.5 Å². The Balaban J connectivity index is 1.72. The Hall–Kier alpha value is -1.89. The van der Waals surface area contributed by atoms with E-state index < -0.39 is 6.10 Å². The predicted molar refractivity (Wildman–Crippen MR) is 88.6 cm³/mol. The monoisotopic (exact) mass is 334 g/mol. The van der Waals surface area contributed by atoms with E-state index in [1.165, 1.54) is 10.7 Å². The van der Waals surface area contributed by atoms with Crippen LogP contribution in [0.1, 0.15) is 54.6 Å². The summed E-state index contributed by atoms with van der Waals surface area (Å²) in [6.07, 6.45) is 1.28. The number of hydrogen-bond acceptors (Lipinski definition) is 4. The maximum absolute atomic E-state index is 12.7. The highest BCUT2D eigenvalue weighted by Gasteiger charge is 2.32. The van der Waals surface area contributed by atoms with Gasteiger partial charge in [0.25, 0.3) is 11.8 Å². The van der Waals surface area contributed by atoms with Crippen molar-refractivity contribution in [2.45, 2.75) is 46.3 Å². The lowest BCUT2D eigenvalue weighted by Gasteiger charge is -2.38. The molecule has 7 heteroatoms. The third kappa shape index (κ3) is 3.31. The third-order valence-electron chi connectivity index (χ3n) is 5.12. The molecule has 0 aromatic carbocycles. The Morgan fingerprint density at radius 2 is 2.00 bits per heavy atom. The highest BCUT2D eigenvalue weighted by molar-refractivity contribution is 5.98. The van der Waals surface area contributed by atoms with Gasteiger partial charge in [0.1, 0.15) is 5.69 Å². The average Bonchev–Trinajstić information content (AvgIpc) is 2.89. The van der Waals surface area contributed by atoms with Crippen LogP contribution in [0, 0.1) is 11.3 Å². The van der Waals surface area contributed by atoms with Gasteiger partial charge in [-0.25, -0.2) is 0 Å². The van der Waals surface area contributed by atoms with Crippen molar-refractivity contribution in [2.75, 3.05) is 19.6 Å². The van der Waals surface area contributed by atoms with Crippen LogP contribution in [-0.2, 0) is 6.54 Å². The van der Waals surface area contributed by atoms with Gasteiger partial charge in [0, 0.05) is 25.7 Å². The van der Waals surface area contributed by atoms with Crippen molar-refractivity contribution >= 4 is 11.8 Å². The van der Waals surface area contributed by atoms with Crippen molar-refractivity contribution in [3.8, 4) is 0 Å². The zero-order valence-electron chi connectivity index (χ0n) is 14.6. The molecule has 2 N–H and O–H groups in total. The third-order valence-corrected chi connectivity index (χ3v) is 5.12. The number of fused-ring (bicyclic) bond motifs is 1. The lowest BCUT2D eigenvalue weighted by molar-refractivity contribution is 0.0601. The zero-order valence-corrected chi connectivity index (χ0v) is 14.6. The molecule has 1 aromatic rings. The first-order valence-electron chi connectivity index (χ1n) is 8.59. The van der Waals surface area contributed by atoms with E-state index in [2.05, 4.69) is 31.2 Å². The van der Waals surface area contributed by atoms with E-state index in [1.807, 2.05) is 4.90 Å².